The Morgan fingerprint density at radius 1 is 0.818 bits per heavy atom. The number of alkyl halides is 3. The van der Waals surface area contributed by atoms with Gasteiger partial charge in [-0.1, -0.05) is 76.2 Å². The van der Waals surface area contributed by atoms with Crippen molar-refractivity contribution >= 4 is 22.4 Å². The van der Waals surface area contributed by atoms with Crippen LogP contribution < -0.4 is 0 Å². The van der Waals surface area contributed by atoms with E-state index in [1.54, 1.807) is 6.07 Å². The fraction of sp³-hybridized carbons (Fsp3) is 0.333. The SMILES string of the molecule is CC=CC(=Cc1ccc2cc3c(cc2c1)C(C)(C)CCC3(C)C)c1cccc(C(F)(F)F)c1. The summed E-state index contributed by atoms with van der Waals surface area (Å²) in [4.78, 5) is 0. The molecule has 0 unspecified atom stereocenters. The van der Waals surface area contributed by atoms with Gasteiger partial charge in [0.2, 0.25) is 0 Å². The van der Waals surface area contributed by atoms with Crippen molar-refractivity contribution in [3.63, 3.8) is 0 Å². The Bertz CT molecular complexity index is 1250. The summed E-state index contributed by atoms with van der Waals surface area (Å²) >= 11 is 0. The molecule has 0 saturated heterocycles. The summed E-state index contributed by atoms with van der Waals surface area (Å²) in [6.07, 6.45) is 3.64. The number of hydrogen-bond donors (Lipinski definition) is 0. The van der Waals surface area contributed by atoms with Crippen LogP contribution >= 0.6 is 0 Å². The first kappa shape index (κ1) is 23.4. The van der Waals surface area contributed by atoms with Crippen molar-refractivity contribution in [2.75, 3.05) is 0 Å². The highest BCUT2D eigenvalue weighted by Crippen LogP contribution is 2.47. The summed E-state index contributed by atoms with van der Waals surface area (Å²) in [5.74, 6) is 0. The number of hydrogen-bond acceptors (Lipinski definition) is 0. The molecular formula is C30H31F3. The van der Waals surface area contributed by atoms with E-state index in [0.717, 1.165) is 29.0 Å². The zero-order chi connectivity index (χ0) is 24.0. The molecule has 172 valence electrons. The average molecular weight is 449 g/mol. The quantitative estimate of drug-likeness (QED) is 0.277. The molecule has 3 aromatic rings. The lowest BCUT2D eigenvalue weighted by Crippen LogP contribution is -2.33. The van der Waals surface area contributed by atoms with Crippen LogP contribution in [-0.4, -0.2) is 0 Å². The lowest BCUT2D eigenvalue weighted by Gasteiger charge is -2.42. The minimum atomic E-state index is -4.36. The molecule has 1 aliphatic carbocycles. The van der Waals surface area contributed by atoms with Crippen molar-refractivity contribution in [2.24, 2.45) is 0 Å². The Balaban J connectivity index is 1.82. The van der Waals surface area contributed by atoms with Gasteiger partial charge in [0.1, 0.15) is 0 Å². The predicted molar refractivity (Wildman–Crippen MR) is 133 cm³/mol. The Morgan fingerprint density at radius 2 is 1.45 bits per heavy atom. The zero-order valence-corrected chi connectivity index (χ0v) is 20.0. The highest BCUT2D eigenvalue weighted by atomic mass is 19.4. The maximum atomic E-state index is 13.2. The number of rotatable bonds is 3. The van der Waals surface area contributed by atoms with E-state index in [2.05, 4.69) is 52.0 Å². The fourth-order valence-electron chi connectivity index (χ4n) is 4.88. The average Bonchev–Trinajstić information content (AvgIpc) is 2.75. The second-order valence-electron chi connectivity index (χ2n) is 10.5. The molecule has 0 atom stereocenters. The van der Waals surface area contributed by atoms with E-state index in [-0.39, 0.29) is 10.8 Å². The largest absolute Gasteiger partial charge is 0.416 e. The number of fused-ring (bicyclic) bond motifs is 2. The minimum absolute atomic E-state index is 0.124. The monoisotopic (exact) mass is 448 g/mol. The van der Waals surface area contributed by atoms with Crippen LogP contribution in [0, 0.1) is 0 Å². The molecule has 0 bridgehead atoms. The highest BCUT2D eigenvalue weighted by Gasteiger charge is 2.37. The summed E-state index contributed by atoms with van der Waals surface area (Å²) in [5, 5.41) is 2.36. The van der Waals surface area contributed by atoms with Gasteiger partial charge in [-0.2, -0.15) is 13.2 Å². The summed E-state index contributed by atoms with van der Waals surface area (Å²) in [6, 6.07) is 16.5. The zero-order valence-electron chi connectivity index (χ0n) is 20.0. The summed E-state index contributed by atoms with van der Waals surface area (Å²) in [7, 11) is 0. The van der Waals surface area contributed by atoms with Crippen LogP contribution in [0.1, 0.15) is 75.3 Å². The van der Waals surface area contributed by atoms with Gasteiger partial charge >= 0.3 is 6.18 Å². The predicted octanol–water partition coefficient (Wildman–Crippen LogP) is 9.32. The first-order valence-electron chi connectivity index (χ1n) is 11.5. The second-order valence-corrected chi connectivity index (χ2v) is 10.5. The molecule has 0 heterocycles. The molecule has 0 aliphatic heterocycles. The van der Waals surface area contributed by atoms with Gasteiger partial charge in [-0.25, -0.2) is 0 Å². The Hall–Kier alpha value is -2.81. The third-order valence-corrected chi connectivity index (χ3v) is 7.03. The van der Waals surface area contributed by atoms with Gasteiger partial charge in [0.15, 0.2) is 0 Å². The lowest BCUT2D eigenvalue weighted by atomic mass is 9.63. The molecule has 0 N–H and O–H groups in total. The van der Waals surface area contributed by atoms with Gasteiger partial charge < -0.3 is 0 Å². The van der Waals surface area contributed by atoms with E-state index in [1.807, 2.05) is 31.2 Å². The third kappa shape index (κ3) is 4.64. The van der Waals surface area contributed by atoms with Crippen LogP contribution in [0.3, 0.4) is 0 Å². The molecular weight excluding hydrogens is 417 g/mol. The molecule has 0 saturated carbocycles. The van der Waals surface area contributed by atoms with Crippen molar-refractivity contribution in [3.8, 4) is 0 Å². The number of halogens is 3. The van der Waals surface area contributed by atoms with Crippen molar-refractivity contribution < 1.29 is 13.2 Å². The van der Waals surface area contributed by atoms with Crippen molar-refractivity contribution in [1.29, 1.82) is 0 Å². The first-order chi connectivity index (χ1) is 15.4. The summed E-state index contributed by atoms with van der Waals surface area (Å²) in [6.45, 7) is 11.1. The van der Waals surface area contributed by atoms with Crippen LogP contribution in [-0.2, 0) is 17.0 Å². The minimum Gasteiger partial charge on any atom is -0.166 e. The van der Waals surface area contributed by atoms with E-state index in [9.17, 15) is 13.2 Å². The van der Waals surface area contributed by atoms with Gasteiger partial charge in [0, 0.05) is 0 Å². The van der Waals surface area contributed by atoms with E-state index in [0.29, 0.717) is 5.56 Å². The molecule has 0 amide bonds. The molecule has 4 rings (SSSR count). The Labute approximate surface area is 194 Å². The number of benzene rings is 3. The van der Waals surface area contributed by atoms with Crippen molar-refractivity contribution in [3.05, 3.63) is 94.6 Å². The van der Waals surface area contributed by atoms with Gasteiger partial charge in [-0.3, -0.25) is 0 Å². The van der Waals surface area contributed by atoms with Crippen molar-refractivity contribution in [2.45, 2.75) is 64.5 Å². The molecule has 0 nitrogen and oxygen atoms in total. The molecule has 0 fully saturated rings. The Kier molecular flexibility index (Phi) is 5.80. The molecule has 3 heteroatoms. The van der Waals surface area contributed by atoms with E-state index >= 15 is 0 Å². The maximum Gasteiger partial charge on any atom is 0.416 e. The normalized spacial score (nSPS) is 18.0. The first-order valence-corrected chi connectivity index (χ1v) is 11.5. The smallest absolute Gasteiger partial charge is 0.166 e. The molecule has 33 heavy (non-hydrogen) atoms. The van der Waals surface area contributed by atoms with Crippen molar-refractivity contribution in [1.82, 2.24) is 0 Å². The number of allylic oxidation sites excluding steroid dienone is 3. The maximum absolute atomic E-state index is 13.2. The second kappa shape index (κ2) is 8.20. The molecule has 1 aliphatic rings. The fourth-order valence-corrected chi connectivity index (χ4v) is 4.88. The van der Waals surface area contributed by atoms with E-state index in [1.165, 1.54) is 35.1 Å². The summed E-state index contributed by atoms with van der Waals surface area (Å²) < 4.78 is 39.7. The van der Waals surface area contributed by atoms with Crippen LogP contribution in [0.2, 0.25) is 0 Å². The van der Waals surface area contributed by atoms with Gasteiger partial charge in [-0.05, 0) is 93.5 Å². The van der Waals surface area contributed by atoms with Gasteiger partial charge in [0.25, 0.3) is 0 Å². The van der Waals surface area contributed by atoms with Gasteiger partial charge in [-0.15, -0.1) is 0 Å². The Morgan fingerprint density at radius 3 is 2.06 bits per heavy atom. The molecule has 3 aromatic carbocycles. The molecule has 0 spiro atoms. The van der Waals surface area contributed by atoms with Gasteiger partial charge in [0.05, 0.1) is 5.56 Å². The van der Waals surface area contributed by atoms with E-state index < -0.39 is 11.7 Å². The van der Waals surface area contributed by atoms with E-state index in [4.69, 9.17) is 0 Å². The van der Waals surface area contributed by atoms with Crippen LogP contribution in [0.15, 0.2) is 66.7 Å². The summed E-state index contributed by atoms with van der Waals surface area (Å²) in [5.41, 5.74) is 4.75. The van der Waals surface area contributed by atoms with Crippen LogP contribution in [0.5, 0.6) is 0 Å². The lowest BCUT2D eigenvalue weighted by molar-refractivity contribution is -0.137. The molecule has 0 aromatic heterocycles. The third-order valence-electron chi connectivity index (χ3n) is 7.03. The standard InChI is InChI=1S/C30H31F3/c1-6-8-21(22-9-7-10-25(17-22)30(31,32)33)15-20-11-12-23-18-26-27(19-24(23)16-20)29(4,5)14-13-28(26,2)3/h6-12,15-19H,13-14H2,1-5H3. The molecule has 0 radical (unpaired) electrons. The highest BCUT2D eigenvalue weighted by molar-refractivity contribution is 5.92. The topological polar surface area (TPSA) is 0 Å². The van der Waals surface area contributed by atoms with Crippen LogP contribution in [0.4, 0.5) is 13.2 Å². The van der Waals surface area contributed by atoms with Crippen LogP contribution in [0.25, 0.3) is 22.4 Å².